The van der Waals surface area contributed by atoms with Gasteiger partial charge in [-0.2, -0.15) is 0 Å². The number of aromatic hydroxyl groups is 1. The summed E-state index contributed by atoms with van der Waals surface area (Å²) in [4.78, 5) is 10.9. The number of phenols is 1. The van der Waals surface area contributed by atoms with Gasteiger partial charge in [0.15, 0.2) is 0 Å². The molecule has 0 saturated carbocycles. The SMILES string of the molecule is CC1(C)CC(CC(=O)O)c2ccc(O)cc2O1. The Morgan fingerprint density at radius 3 is 2.88 bits per heavy atom. The van der Waals surface area contributed by atoms with E-state index in [1.165, 1.54) is 0 Å². The fourth-order valence-electron chi connectivity index (χ4n) is 2.38. The average molecular weight is 236 g/mol. The molecule has 0 bridgehead atoms. The van der Waals surface area contributed by atoms with E-state index in [0.29, 0.717) is 12.2 Å². The molecule has 1 aliphatic rings. The van der Waals surface area contributed by atoms with Gasteiger partial charge in [-0.25, -0.2) is 0 Å². The third kappa shape index (κ3) is 2.52. The van der Waals surface area contributed by atoms with Gasteiger partial charge in [-0.15, -0.1) is 0 Å². The molecule has 0 fully saturated rings. The van der Waals surface area contributed by atoms with Gasteiger partial charge < -0.3 is 14.9 Å². The van der Waals surface area contributed by atoms with Gasteiger partial charge in [0.05, 0.1) is 6.42 Å². The molecule has 1 aromatic rings. The first kappa shape index (κ1) is 11.8. The van der Waals surface area contributed by atoms with Crippen molar-refractivity contribution in [2.75, 3.05) is 0 Å². The highest BCUT2D eigenvalue weighted by molar-refractivity contribution is 5.68. The zero-order valence-electron chi connectivity index (χ0n) is 9.93. The minimum atomic E-state index is -0.813. The van der Waals surface area contributed by atoms with Crippen LogP contribution in [0.25, 0.3) is 0 Å². The smallest absolute Gasteiger partial charge is 0.303 e. The summed E-state index contributed by atoms with van der Waals surface area (Å²) in [6.07, 6.45) is 0.752. The van der Waals surface area contributed by atoms with Gasteiger partial charge in [0.25, 0.3) is 0 Å². The highest BCUT2D eigenvalue weighted by atomic mass is 16.5. The molecule has 0 aromatic heterocycles. The van der Waals surface area contributed by atoms with Crippen LogP contribution in [0.15, 0.2) is 18.2 Å². The molecule has 17 heavy (non-hydrogen) atoms. The Labute approximate surface area is 99.8 Å². The molecule has 1 atom stereocenters. The van der Waals surface area contributed by atoms with Crippen LogP contribution in [0.1, 0.15) is 38.2 Å². The van der Waals surface area contributed by atoms with Crippen LogP contribution < -0.4 is 4.74 Å². The predicted octanol–water partition coefficient (Wildman–Crippen LogP) is 2.51. The van der Waals surface area contributed by atoms with Crippen LogP contribution in [0.3, 0.4) is 0 Å². The molecule has 2 N–H and O–H groups in total. The van der Waals surface area contributed by atoms with E-state index < -0.39 is 11.6 Å². The lowest BCUT2D eigenvalue weighted by Gasteiger charge is -2.37. The van der Waals surface area contributed by atoms with Gasteiger partial charge in [0, 0.05) is 12.0 Å². The molecule has 92 valence electrons. The molecule has 2 rings (SSSR count). The lowest BCUT2D eigenvalue weighted by atomic mass is 9.82. The standard InChI is InChI=1S/C13H16O4/c1-13(2)7-8(5-12(15)16)10-4-3-9(14)6-11(10)17-13/h3-4,6,8,14H,5,7H2,1-2H3,(H,15,16). The number of hydrogen-bond donors (Lipinski definition) is 2. The summed E-state index contributed by atoms with van der Waals surface area (Å²) < 4.78 is 5.76. The van der Waals surface area contributed by atoms with Crippen molar-refractivity contribution < 1.29 is 19.7 Å². The first-order chi connectivity index (χ1) is 7.87. The quantitative estimate of drug-likeness (QED) is 0.828. The Morgan fingerprint density at radius 1 is 1.53 bits per heavy atom. The fourth-order valence-corrected chi connectivity index (χ4v) is 2.38. The van der Waals surface area contributed by atoms with Gasteiger partial charge in [0.1, 0.15) is 17.1 Å². The minimum Gasteiger partial charge on any atom is -0.508 e. The maximum Gasteiger partial charge on any atom is 0.303 e. The van der Waals surface area contributed by atoms with Gasteiger partial charge in [0.2, 0.25) is 0 Å². The van der Waals surface area contributed by atoms with Crippen molar-refractivity contribution in [1.82, 2.24) is 0 Å². The molecule has 4 heteroatoms. The number of carbonyl (C=O) groups is 1. The minimum absolute atomic E-state index is 0.0631. The van der Waals surface area contributed by atoms with Gasteiger partial charge >= 0.3 is 5.97 Å². The van der Waals surface area contributed by atoms with Crippen molar-refractivity contribution >= 4 is 5.97 Å². The Hall–Kier alpha value is -1.71. The molecule has 1 heterocycles. The summed E-state index contributed by atoms with van der Waals surface area (Å²) in [6.45, 7) is 3.85. The lowest BCUT2D eigenvalue weighted by Crippen LogP contribution is -2.35. The normalized spacial score (nSPS) is 21.4. The molecule has 1 aliphatic heterocycles. The Balaban J connectivity index is 2.40. The summed E-state index contributed by atoms with van der Waals surface area (Å²) >= 11 is 0. The van der Waals surface area contributed by atoms with Crippen molar-refractivity contribution in [3.63, 3.8) is 0 Å². The molecular formula is C13H16O4. The number of hydrogen-bond acceptors (Lipinski definition) is 3. The van der Waals surface area contributed by atoms with Crippen LogP contribution in [0.5, 0.6) is 11.5 Å². The molecule has 0 spiro atoms. The second-order valence-electron chi connectivity index (χ2n) is 5.08. The number of fused-ring (bicyclic) bond motifs is 1. The van der Waals surface area contributed by atoms with Gasteiger partial charge in [-0.05, 0) is 31.9 Å². The molecule has 0 aliphatic carbocycles. The molecule has 1 aromatic carbocycles. The summed E-state index contributed by atoms with van der Waals surface area (Å²) in [5.74, 6) is -0.151. The third-order valence-electron chi connectivity index (χ3n) is 2.98. The van der Waals surface area contributed by atoms with Crippen LogP contribution >= 0.6 is 0 Å². The number of carboxylic acids is 1. The van der Waals surface area contributed by atoms with E-state index >= 15 is 0 Å². The largest absolute Gasteiger partial charge is 0.508 e. The Kier molecular flexibility index (Phi) is 2.73. The van der Waals surface area contributed by atoms with Crippen LogP contribution in [-0.4, -0.2) is 21.8 Å². The number of aliphatic carboxylic acids is 1. The topological polar surface area (TPSA) is 66.8 Å². The molecule has 0 radical (unpaired) electrons. The second kappa shape index (κ2) is 3.95. The first-order valence-corrected chi connectivity index (χ1v) is 5.61. The van der Waals surface area contributed by atoms with Crippen LogP contribution in [-0.2, 0) is 4.79 Å². The van der Waals surface area contributed by atoms with Crippen LogP contribution in [0.4, 0.5) is 0 Å². The molecular weight excluding hydrogens is 220 g/mol. The molecule has 1 unspecified atom stereocenters. The van der Waals surface area contributed by atoms with E-state index in [4.69, 9.17) is 9.84 Å². The van der Waals surface area contributed by atoms with Crippen molar-refractivity contribution in [1.29, 1.82) is 0 Å². The van der Waals surface area contributed by atoms with E-state index in [1.807, 2.05) is 13.8 Å². The van der Waals surface area contributed by atoms with Crippen molar-refractivity contribution in [3.05, 3.63) is 23.8 Å². The van der Waals surface area contributed by atoms with Crippen LogP contribution in [0.2, 0.25) is 0 Å². The number of phenolic OH excluding ortho intramolecular Hbond substituents is 1. The molecule has 0 saturated heterocycles. The monoisotopic (exact) mass is 236 g/mol. The number of benzene rings is 1. The van der Waals surface area contributed by atoms with Crippen molar-refractivity contribution in [3.8, 4) is 11.5 Å². The van der Waals surface area contributed by atoms with Gasteiger partial charge in [-0.1, -0.05) is 6.07 Å². The summed E-state index contributed by atoms with van der Waals surface area (Å²) in [5, 5.41) is 18.4. The van der Waals surface area contributed by atoms with E-state index in [-0.39, 0.29) is 18.1 Å². The number of ether oxygens (including phenoxy) is 1. The van der Waals surface area contributed by atoms with E-state index in [0.717, 1.165) is 5.56 Å². The predicted molar refractivity (Wildman–Crippen MR) is 62.4 cm³/mol. The highest BCUT2D eigenvalue weighted by Crippen LogP contribution is 2.43. The lowest BCUT2D eigenvalue weighted by molar-refractivity contribution is -0.137. The van der Waals surface area contributed by atoms with E-state index in [1.54, 1.807) is 18.2 Å². The number of rotatable bonds is 2. The van der Waals surface area contributed by atoms with E-state index in [2.05, 4.69) is 0 Å². The summed E-state index contributed by atoms with van der Waals surface area (Å²) in [6, 6.07) is 4.86. The fraction of sp³-hybridized carbons (Fsp3) is 0.462. The van der Waals surface area contributed by atoms with Crippen molar-refractivity contribution in [2.45, 2.75) is 38.2 Å². The third-order valence-corrected chi connectivity index (χ3v) is 2.98. The Morgan fingerprint density at radius 2 is 2.24 bits per heavy atom. The average Bonchev–Trinajstić information content (AvgIpc) is 2.13. The van der Waals surface area contributed by atoms with Crippen molar-refractivity contribution in [2.24, 2.45) is 0 Å². The van der Waals surface area contributed by atoms with Gasteiger partial charge in [-0.3, -0.25) is 4.79 Å². The Bertz CT molecular complexity index is 451. The summed E-state index contributed by atoms with van der Waals surface area (Å²) in [5.41, 5.74) is 0.463. The maximum absolute atomic E-state index is 10.9. The first-order valence-electron chi connectivity index (χ1n) is 5.61. The zero-order valence-corrected chi connectivity index (χ0v) is 9.93. The maximum atomic E-state index is 10.9. The van der Waals surface area contributed by atoms with Crippen LogP contribution in [0, 0.1) is 0 Å². The highest BCUT2D eigenvalue weighted by Gasteiger charge is 2.34. The molecule has 4 nitrogen and oxygen atoms in total. The zero-order chi connectivity index (χ0) is 12.6. The second-order valence-corrected chi connectivity index (χ2v) is 5.08. The number of carboxylic acid groups (broad SMARTS) is 1. The van der Waals surface area contributed by atoms with E-state index in [9.17, 15) is 9.90 Å². The molecule has 0 amide bonds. The summed E-state index contributed by atoms with van der Waals surface area (Å²) in [7, 11) is 0.